The van der Waals surface area contributed by atoms with Gasteiger partial charge in [0.05, 0.1) is 23.6 Å². The summed E-state index contributed by atoms with van der Waals surface area (Å²) in [5.74, 6) is 0.920. The van der Waals surface area contributed by atoms with Crippen LogP contribution < -0.4 is 10.2 Å². The van der Waals surface area contributed by atoms with Gasteiger partial charge in [-0.25, -0.2) is 4.98 Å². The van der Waals surface area contributed by atoms with Crippen molar-refractivity contribution >= 4 is 16.7 Å². The number of imidazole rings is 1. The van der Waals surface area contributed by atoms with Gasteiger partial charge in [-0.2, -0.15) is 0 Å². The molecule has 0 bridgehead atoms. The summed E-state index contributed by atoms with van der Waals surface area (Å²) >= 11 is 0. The van der Waals surface area contributed by atoms with Crippen LogP contribution in [-0.2, 0) is 6.54 Å². The van der Waals surface area contributed by atoms with Gasteiger partial charge in [0, 0.05) is 44.0 Å². The molecule has 4 aromatic rings. The van der Waals surface area contributed by atoms with Crippen molar-refractivity contribution < 1.29 is 4.42 Å². The number of fused-ring (bicyclic) bond motifs is 1. The van der Waals surface area contributed by atoms with Gasteiger partial charge in [-0.15, -0.1) is 0 Å². The van der Waals surface area contributed by atoms with E-state index in [4.69, 9.17) is 4.42 Å². The second-order valence-corrected chi connectivity index (χ2v) is 6.89. The standard InChI is InChI=1S/C22H22N4O/c1-2-7-19-18(6-1)24-16-26(19)15-17-5-3-8-20(25-12-10-23-11-13-25)22(17)21-9-4-14-27-21/h1-9,14,16,23H,10-13,15H2. The van der Waals surface area contributed by atoms with Gasteiger partial charge in [0.1, 0.15) is 5.76 Å². The number of benzene rings is 2. The third-order valence-electron chi connectivity index (χ3n) is 5.22. The van der Waals surface area contributed by atoms with Gasteiger partial charge in [-0.3, -0.25) is 0 Å². The highest BCUT2D eigenvalue weighted by molar-refractivity contribution is 5.80. The number of rotatable bonds is 4. The minimum Gasteiger partial charge on any atom is -0.464 e. The summed E-state index contributed by atoms with van der Waals surface area (Å²) in [6, 6.07) is 18.8. The molecule has 0 spiro atoms. The number of aromatic nitrogens is 2. The van der Waals surface area contributed by atoms with Crippen molar-refractivity contribution in [1.29, 1.82) is 0 Å². The number of anilines is 1. The van der Waals surface area contributed by atoms with E-state index in [1.807, 2.05) is 18.5 Å². The average Bonchev–Trinajstić information content (AvgIpc) is 3.39. The Morgan fingerprint density at radius 2 is 1.85 bits per heavy atom. The SMILES string of the molecule is c1coc(-c2c(Cn3cnc4ccccc43)cccc2N2CCNCC2)c1. The lowest BCUT2D eigenvalue weighted by Gasteiger charge is -2.31. The van der Waals surface area contributed by atoms with E-state index < -0.39 is 0 Å². The third-order valence-corrected chi connectivity index (χ3v) is 5.22. The van der Waals surface area contributed by atoms with E-state index in [-0.39, 0.29) is 0 Å². The number of hydrogen-bond donors (Lipinski definition) is 1. The van der Waals surface area contributed by atoms with Crippen LogP contribution in [-0.4, -0.2) is 35.7 Å². The molecule has 0 unspecified atom stereocenters. The lowest BCUT2D eigenvalue weighted by Crippen LogP contribution is -2.43. The Morgan fingerprint density at radius 1 is 0.963 bits per heavy atom. The van der Waals surface area contributed by atoms with Crippen molar-refractivity contribution in [2.45, 2.75) is 6.54 Å². The minimum absolute atomic E-state index is 0.760. The summed E-state index contributed by atoms with van der Waals surface area (Å²) in [4.78, 5) is 6.99. The molecule has 2 aromatic carbocycles. The molecule has 0 radical (unpaired) electrons. The second kappa shape index (κ2) is 6.93. The van der Waals surface area contributed by atoms with Crippen LogP contribution in [0.25, 0.3) is 22.4 Å². The van der Waals surface area contributed by atoms with E-state index in [1.165, 1.54) is 16.8 Å². The zero-order chi connectivity index (χ0) is 18.1. The number of nitrogens with zero attached hydrogens (tertiary/aromatic N) is 3. The van der Waals surface area contributed by atoms with Gasteiger partial charge in [-0.1, -0.05) is 24.3 Å². The summed E-state index contributed by atoms with van der Waals surface area (Å²) in [5.41, 5.74) is 5.84. The van der Waals surface area contributed by atoms with E-state index in [9.17, 15) is 0 Å². The normalized spacial score (nSPS) is 14.7. The maximum absolute atomic E-state index is 5.83. The summed E-state index contributed by atoms with van der Waals surface area (Å²) < 4.78 is 8.04. The fraction of sp³-hybridized carbons (Fsp3) is 0.227. The molecule has 2 aromatic heterocycles. The minimum atomic E-state index is 0.760. The van der Waals surface area contributed by atoms with Crippen molar-refractivity contribution in [2.75, 3.05) is 31.1 Å². The highest BCUT2D eigenvalue weighted by Gasteiger charge is 2.20. The number of piperazine rings is 1. The van der Waals surface area contributed by atoms with Crippen molar-refractivity contribution in [3.63, 3.8) is 0 Å². The highest BCUT2D eigenvalue weighted by Crippen LogP contribution is 2.35. The molecule has 1 aliphatic rings. The summed E-state index contributed by atoms with van der Waals surface area (Å²) in [6.07, 6.45) is 3.67. The third kappa shape index (κ3) is 3.00. The lowest BCUT2D eigenvalue weighted by molar-refractivity contribution is 0.575. The van der Waals surface area contributed by atoms with Gasteiger partial charge in [0.2, 0.25) is 0 Å². The molecular weight excluding hydrogens is 336 g/mol. The molecular formula is C22H22N4O. The van der Waals surface area contributed by atoms with Crippen molar-refractivity contribution in [1.82, 2.24) is 14.9 Å². The predicted octanol–water partition coefficient (Wildman–Crippen LogP) is 3.75. The Labute approximate surface area is 158 Å². The van der Waals surface area contributed by atoms with Gasteiger partial charge >= 0.3 is 0 Å². The molecule has 1 aliphatic heterocycles. The molecule has 3 heterocycles. The Kier molecular flexibility index (Phi) is 4.14. The largest absolute Gasteiger partial charge is 0.464 e. The Bertz CT molecular complexity index is 1050. The van der Waals surface area contributed by atoms with Gasteiger partial charge < -0.3 is 19.2 Å². The molecule has 1 fully saturated rings. The molecule has 5 rings (SSSR count). The zero-order valence-corrected chi connectivity index (χ0v) is 15.1. The van der Waals surface area contributed by atoms with Crippen LogP contribution in [0.1, 0.15) is 5.56 Å². The fourth-order valence-corrected chi connectivity index (χ4v) is 3.91. The highest BCUT2D eigenvalue weighted by atomic mass is 16.3. The van der Waals surface area contributed by atoms with E-state index in [1.54, 1.807) is 6.26 Å². The van der Waals surface area contributed by atoms with E-state index in [2.05, 4.69) is 62.2 Å². The number of nitrogens with one attached hydrogen (secondary N) is 1. The smallest absolute Gasteiger partial charge is 0.136 e. The summed E-state index contributed by atoms with van der Waals surface area (Å²) in [7, 11) is 0. The first-order valence-corrected chi connectivity index (χ1v) is 9.41. The fourth-order valence-electron chi connectivity index (χ4n) is 3.91. The Morgan fingerprint density at radius 3 is 2.70 bits per heavy atom. The van der Waals surface area contributed by atoms with E-state index in [0.29, 0.717) is 0 Å². The van der Waals surface area contributed by atoms with E-state index >= 15 is 0 Å². The van der Waals surface area contributed by atoms with Crippen molar-refractivity contribution in [3.8, 4) is 11.3 Å². The number of furan rings is 1. The topological polar surface area (TPSA) is 46.2 Å². The molecule has 27 heavy (non-hydrogen) atoms. The maximum Gasteiger partial charge on any atom is 0.136 e. The number of para-hydroxylation sites is 2. The molecule has 136 valence electrons. The predicted molar refractivity (Wildman–Crippen MR) is 108 cm³/mol. The molecule has 0 saturated carbocycles. The monoisotopic (exact) mass is 358 g/mol. The molecule has 5 heteroatoms. The molecule has 1 N–H and O–H groups in total. The van der Waals surface area contributed by atoms with Crippen LogP contribution in [0.4, 0.5) is 5.69 Å². The number of hydrogen-bond acceptors (Lipinski definition) is 4. The first-order valence-electron chi connectivity index (χ1n) is 9.41. The van der Waals surface area contributed by atoms with Crippen molar-refractivity contribution in [2.24, 2.45) is 0 Å². The molecule has 5 nitrogen and oxygen atoms in total. The second-order valence-electron chi connectivity index (χ2n) is 6.89. The average molecular weight is 358 g/mol. The first kappa shape index (κ1) is 16.1. The molecule has 0 aliphatic carbocycles. The Balaban J connectivity index is 1.61. The van der Waals surface area contributed by atoms with E-state index in [0.717, 1.165) is 49.5 Å². The molecule has 0 atom stereocenters. The Hall–Kier alpha value is -3.05. The quantitative estimate of drug-likeness (QED) is 0.603. The summed E-state index contributed by atoms with van der Waals surface area (Å²) in [5, 5.41) is 3.43. The van der Waals surface area contributed by atoms with Crippen LogP contribution in [0.3, 0.4) is 0 Å². The van der Waals surface area contributed by atoms with Gasteiger partial charge in [0.15, 0.2) is 0 Å². The zero-order valence-electron chi connectivity index (χ0n) is 15.1. The van der Waals surface area contributed by atoms with Gasteiger partial charge in [0.25, 0.3) is 0 Å². The van der Waals surface area contributed by atoms with Crippen LogP contribution >= 0.6 is 0 Å². The molecule has 0 amide bonds. The molecule has 1 saturated heterocycles. The van der Waals surface area contributed by atoms with Crippen LogP contribution in [0.15, 0.2) is 71.6 Å². The first-order chi connectivity index (χ1) is 13.4. The van der Waals surface area contributed by atoms with Crippen molar-refractivity contribution in [3.05, 3.63) is 72.8 Å². The van der Waals surface area contributed by atoms with Crippen LogP contribution in [0.5, 0.6) is 0 Å². The summed E-state index contributed by atoms with van der Waals surface area (Å²) in [6.45, 7) is 4.79. The van der Waals surface area contributed by atoms with Gasteiger partial charge in [-0.05, 0) is 35.9 Å². The van der Waals surface area contributed by atoms with Crippen LogP contribution in [0, 0.1) is 0 Å². The van der Waals surface area contributed by atoms with Crippen LogP contribution in [0.2, 0.25) is 0 Å². The lowest BCUT2D eigenvalue weighted by atomic mass is 10.0. The maximum atomic E-state index is 5.83.